The van der Waals surface area contributed by atoms with Crippen LogP contribution in [0.1, 0.15) is 303 Å². The maximum Gasteiger partial charge on any atom is 0.472 e. The highest BCUT2D eigenvalue weighted by molar-refractivity contribution is 7.47. The Labute approximate surface area is 513 Å². The largest absolute Gasteiger partial charge is 0.472 e. The predicted molar refractivity (Wildman–Crippen MR) is 360 cm³/mol. The monoisotopic (exact) mass is 1180 g/mol. The first-order valence-electron chi connectivity index (χ1n) is 34.6. The highest BCUT2D eigenvalue weighted by atomic mass is 31.2. The molecule has 0 aromatic rings. The maximum atomic E-state index is 13.6. The van der Waals surface area contributed by atoms with Crippen molar-refractivity contribution in [3.05, 3.63) is 97.2 Å². The van der Waals surface area contributed by atoms with Gasteiger partial charge >= 0.3 is 13.8 Å². The first-order valence-corrected chi connectivity index (χ1v) is 36.1. The molecule has 0 radical (unpaired) electrons. The number of allylic oxidation sites excluding steroid dienone is 15. The predicted octanol–water partition coefficient (Wildman–Crippen LogP) is 21.9. The third-order valence-electron chi connectivity index (χ3n) is 15.0. The standard InChI is InChI=1S/C73H131N2O7P/c1-7-10-13-16-19-22-25-27-29-31-33-35-36-37-38-40-41-43-45-47-50-53-56-59-62-65-72(76)74-70(69-81-83(78,79)80-68-67-75(4,5)6)71(64-61-58-55-52-49-24-21-18-15-12-9-3)82-73(77)66-63-60-57-54-51-48-46-44-42-39-34-32-30-28-26-23-20-17-14-11-8-2/h19-20,22-23,27-30,33-35,37-39,61,64,70-71H,7-18,21,24-26,31-32,36,40-60,62-63,65-69H2,1-6H3,(H-,74,76,78,79)/p+1/b22-19-,23-20-,29-27-,30-28-,35-33-,38-37-,39-34-,64-61-. The van der Waals surface area contributed by atoms with Gasteiger partial charge in [0.25, 0.3) is 0 Å². The number of hydrogen-bond acceptors (Lipinski definition) is 6. The highest BCUT2D eigenvalue weighted by Gasteiger charge is 2.30. The molecule has 0 saturated heterocycles. The van der Waals surface area contributed by atoms with Crippen LogP contribution in [0.25, 0.3) is 0 Å². The van der Waals surface area contributed by atoms with Crippen LogP contribution < -0.4 is 5.32 Å². The summed E-state index contributed by atoms with van der Waals surface area (Å²) < 4.78 is 30.8. The molecule has 0 aliphatic carbocycles. The summed E-state index contributed by atoms with van der Waals surface area (Å²) in [5.41, 5.74) is 0. The van der Waals surface area contributed by atoms with Gasteiger partial charge in [-0.2, -0.15) is 0 Å². The van der Waals surface area contributed by atoms with Crippen molar-refractivity contribution in [2.45, 2.75) is 315 Å². The van der Waals surface area contributed by atoms with Crippen LogP contribution in [0.3, 0.4) is 0 Å². The van der Waals surface area contributed by atoms with E-state index in [0.717, 1.165) is 116 Å². The summed E-state index contributed by atoms with van der Waals surface area (Å²) in [4.78, 5) is 37.8. The Morgan fingerprint density at radius 2 is 0.735 bits per heavy atom. The zero-order valence-corrected chi connectivity index (χ0v) is 55.8. The van der Waals surface area contributed by atoms with Crippen LogP contribution in [0.15, 0.2) is 97.2 Å². The summed E-state index contributed by atoms with van der Waals surface area (Å²) >= 11 is 0. The Hall–Kier alpha value is -3.07. The molecule has 0 aliphatic rings. The Morgan fingerprint density at radius 3 is 1.12 bits per heavy atom. The van der Waals surface area contributed by atoms with E-state index in [1.807, 2.05) is 33.3 Å². The fourth-order valence-corrected chi connectivity index (χ4v) is 10.4. The van der Waals surface area contributed by atoms with Gasteiger partial charge in [-0.25, -0.2) is 4.57 Å². The van der Waals surface area contributed by atoms with Gasteiger partial charge in [-0.1, -0.05) is 272 Å². The number of carbonyl (C=O) groups is 2. The fourth-order valence-electron chi connectivity index (χ4n) is 9.64. The lowest BCUT2D eigenvalue weighted by molar-refractivity contribution is -0.870. The number of likely N-dealkylation sites (N-methyl/N-ethyl adjacent to an activating group) is 1. The summed E-state index contributed by atoms with van der Waals surface area (Å²) in [6.45, 7) is 6.95. The minimum Gasteiger partial charge on any atom is -0.456 e. The van der Waals surface area contributed by atoms with Crippen LogP contribution in [0, 0.1) is 0 Å². The Bertz CT molecular complexity index is 1740. The highest BCUT2D eigenvalue weighted by Crippen LogP contribution is 2.43. The molecule has 3 atom stereocenters. The van der Waals surface area contributed by atoms with E-state index < -0.39 is 20.0 Å². The molecule has 0 saturated carbocycles. The van der Waals surface area contributed by atoms with E-state index in [2.05, 4.69) is 111 Å². The number of quaternary nitrogens is 1. The van der Waals surface area contributed by atoms with Crippen LogP contribution in [0.2, 0.25) is 0 Å². The molecule has 480 valence electrons. The quantitative estimate of drug-likeness (QED) is 0.0205. The maximum absolute atomic E-state index is 13.6. The van der Waals surface area contributed by atoms with Gasteiger partial charge in [0.15, 0.2) is 0 Å². The Morgan fingerprint density at radius 1 is 0.422 bits per heavy atom. The van der Waals surface area contributed by atoms with Crippen LogP contribution in [-0.4, -0.2) is 74.3 Å². The number of unbranched alkanes of at least 4 members (excludes halogenated alkanes) is 32. The van der Waals surface area contributed by atoms with Crippen molar-refractivity contribution in [3.8, 4) is 0 Å². The van der Waals surface area contributed by atoms with Gasteiger partial charge < -0.3 is 19.4 Å². The van der Waals surface area contributed by atoms with E-state index in [1.165, 1.54) is 154 Å². The van der Waals surface area contributed by atoms with Gasteiger partial charge in [-0.05, 0) is 115 Å². The zero-order valence-electron chi connectivity index (χ0n) is 54.9. The molecular weight excluding hydrogens is 1050 g/mol. The van der Waals surface area contributed by atoms with Crippen LogP contribution >= 0.6 is 7.82 Å². The van der Waals surface area contributed by atoms with Crippen molar-refractivity contribution in [2.24, 2.45) is 0 Å². The summed E-state index contributed by atoms with van der Waals surface area (Å²) in [6, 6.07) is -0.861. The fraction of sp³-hybridized carbons (Fsp3) is 0.753. The molecule has 0 aromatic heterocycles. The molecule has 0 spiro atoms. The van der Waals surface area contributed by atoms with E-state index in [1.54, 1.807) is 0 Å². The molecule has 1 amide bonds. The molecule has 0 bridgehead atoms. The number of amides is 1. The third-order valence-corrected chi connectivity index (χ3v) is 16.0. The molecule has 9 nitrogen and oxygen atoms in total. The Kier molecular flexibility index (Phi) is 59.7. The average molecular weight is 1180 g/mol. The first-order chi connectivity index (χ1) is 40.4. The van der Waals surface area contributed by atoms with Crippen LogP contribution in [0.4, 0.5) is 0 Å². The number of ether oxygens (including phenoxy) is 1. The molecule has 0 aliphatic heterocycles. The minimum atomic E-state index is -4.46. The Balaban J connectivity index is 5.10. The van der Waals surface area contributed by atoms with E-state index in [9.17, 15) is 19.0 Å². The van der Waals surface area contributed by atoms with Crippen molar-refractivity contribution < 1.29 is 37.3 Å². The molecule has 0 heterocycles. The molecule has 2 N–H and O–H groups in total. The van der Waals surface area contributed by atoms with Gasteiger partial charge in [0, 0.05) is 12.8 Å². The number of phosphoric ester groups is 1. The number of nitrogens with zero attached hydrogens (tertiary/aromatic N) is 1. The average Bonchev–Trinajstić information content (AvgIpc) is 3.51. The molecule has 0 rings (SSSR count). The first kappa shape index (κ1) is 79.9. The van der Waals surface area contributed by atoms with Crippen molar-refractivity contribution >= 4 is 19.7 Å². The van der Waals surface area contributed by atoms with Gasteiger partial charge in [-0.3, -0.25) is 18.6 Å². The number of hydrogen-bond donors (Lipinski definition) is 2. The molecule has 0 aromatic carbocycles. The molecular formula is C73H132N2O7P+. The summed E-state index contributed by atoms with van der Waals surface area (Å²) in [5, 5.41) is 3.06. The molecule has 83 heavy (non-hydrogen) atoms. The smallest absolute Gasteiger partial charge is 0.456 e. The lowest BCUT2D eigenvalue weighted by atomic mass is 10.0. The second kappa shape index (κ2) is 62.0. The molecule has 0 fully saturated rings. The van der Waals surface area contributed by atoms with Gasteiger partial charge in [0.05, 0.1) is 33.8 Å². The zero-order chi connectivity index (χ0) is 60.7. The van der Waals surface area contributed by atoms with Crippen molar-refractivity contribution in [3.63, 3.8) is 0 Å². The van der Waals surface area contributed by atoms with E-state index in [4.69, 9.17) is 13.8 Å². The number of carbonyl (C=O) groups excluding carboxylic acids is 2. The number of rotatable bonds is 62. The lowest BCUT2D eigenvalue weighted by Crippen LogP contribution is -2.47. The second-order valence-electron chi connectivity index (χ2n) is 24.3. The number of esters is 1. The van der Waals surface area contributed by atoms with E-state index in [0.29, 0.717) is 17.4 Å². The third kappa shape index (κ3) is 63.3. The SMILES string of the molecule is CCCCC/C=C\C/C=C\C/C=C\C/C=C\CCCCCCCCCCCC(=O)NC(COP(=O)(O)OCC[N+](C)(C)C)C(/C=C\CCCCCCCCCCC)OC(=O)CCCCCCCCCC/C=C\C/C=C\C/C=C\CCCCC. The van der Waals surface area contributed by atoms with E-state index in [-0.39, 0.29) is 31.5 Å². The minimum absolute atomic E-state index is 0.0337. The number of nitrogens with one attached hydrogen (secondary N) is 1. The second-order valence-corrected chi connectivity index (χ2v) is 25.8. The van der Waals surface area contributed by atoms with Gasteiger partial charge in [0.1, 0.15) is 19.3 Å². The summed E-state index contributed by atoms with van der Waals surface area (Å²) in [7, 11) is 1.48. The molecule has 10 heteroatoms. The summed E-state index contributed by atoms with van der Waals surface area (Å²) in [5.74, 6) is -0.519. The molecule has 3 unspecified atom stereocenters. The van der Waals surface area contributed by atoms with Crippen molar-refractivity contribution in [1.82, 2.24) is 5.32 Å². The van der Waals surface area contributed by atoms with Crippen LogP contribution in [0.5, 0.6) is 0 Å². The van der Waals surface area contributed by atoms with E-state index >= 15 is 0 Å². The topological polar surface area (TPSA) is 111 Å². The normalized spacial score (nSPS) is 14.2. The van der Waals surface area contributed by atoms with Crippen LogP contribution in [-0.2, 0) is 27.9 Å². The van der Waals surface area contributed by atoms with Gasteiger partial charge in [0.2, 0.25) is 5.91 Å². The van der Waals surface area contributed by atoms with Crippen molar-refractivity contribution in [2.75, 3.05) is 40.9 Å². The van der Waals surface area contributed by atoms with Crippen molar-refractivity contribution in [1.29, 1.82) is 0 Å². The summed E-state index contributed by atoms with van der Waals surface area (Å²) in [6.07, 6.45) is 84.1. The number of phosphoric acid groups is 1. The van der Waals surface area contributed by atoms with Gasteiger partial charge in [-0.15, -0.1) is 0 Å². The lowest BCUT2D eigenvalue weighted by Gasteiger charge is -2.27.